The first kappa shape index (κ1) is 20.2. The van der Waals surface area contributed by atoms with Crippen LogP contribution in [0.1, 0.15) is 22.0 Å². The number of aromatic amines is 1. The van der Waals surface area contributed by atoms with Crippen LogP contribution in [0.15, 0.2) is 77.8 Å². The lowest BCUT2D eigenvalue weighted by Gasteiger charge is -2.24. The lowest BCUT2D eigenvalue weighted by atomic mass is 9.99. The molecule has 1 fully saturated rings. The van der Waals surface area contributed by atoms with E-state index in [-0.39, 0.29) is 11.3 Å². The highest BCUT2D eigenvalue weighted by Gasteiger charge is 2.46. The summed E-state index contributed by atoms with van der Waals surface area (Å²) in [5, 5.41) is 13.9. The van der Waals surface area contributed by atoms with Gasteiger partial charge in [0.15, 0.2) is 0 Å². The van der Waals surface area contributed by atoms with Gasteiger partial charge in [-0.05, 0) is 53.8 Å². The number of aliphatic hydroxyl groups is 1. The first-order valence-electron chi connectivity index (χ1n) is 10.2. The van der Waals surface area contributed by atoms with E-state index in [0.29, 0.717) is 18.5 Å². The molecule has 1 amide bonds. The number of aliphatic hydroxyl groups excluding tert-OH is 1. The summed E-state index contributed by atoms with van der Waals surface area (Å²) in [6, 6.07) is 16.1. The third-order valence-electron chi connectivity index (χ3n) is 5.77. The summed E-state index contributed by atoms with van der Waals surface area (Å²) < 4.78 is 13.3. The molecule has 1 aliphatic heterocycles. The lowest BCUT2D eigenvalue weighted by Crippen LogP contribution is -2.31. The van der Waals surface area contributed by atoms with E-state index in [1.54, 1.807) is 0 Å². The third-order valence-corrected chi connectivity index (χ3v) is 6.69. The second kappa shape index (κ2) is 8.09. The number of benzene rings is 2. The number of halogens is 1. The van der Waals surface area contributed by atoms with Gasteiger partial charge in [-0.3, -0.25) is 9.59 Å². The van der Waals surface area contributed by atoms with Crippen molar-refractivity contribution in [3.05, 3.63) is 99.6 Å². The van der Waals surface area contributed by atoms with E-state index in [1.165, 1.54) is 40.5 Å². The summed E-state index contributed by atoms with van der Waals surface area (Å²) in [6.07, 6.45) is 2.47. The van der Waals surface area contributed by atoms with Crippen LogP contribution in [0.3, 0.4) is 0 Å². The van der Waals surface area contributed by atoms with Crippen LogP contribution in [0.25, 0.3) is 16.7 Å². The fraction of sp³-hybridized carbons (Fsp3) is 0.120. The normalized spacial score (nSPS) is 18.0. The molecule has 2 aromatic carbocycles. The second-order valence-electron chi connectivity index (χ2n) is 7.62. The van der Waals surface area contributed by atoms with Crippen molar-refractivity contribution in [2.75, 3.05) is 6.54 Å². The van der Waals surface area contributed by atoms with Crippen LogP contribution < -0.4 is 0 Å². The number of carbonyl (C=O) groups is 2. The summed E-state index contributed by atoms with van der Waals surface area (Å²) in [5.74, 6) is -2.12. The van der Waals surface area contributed by atoms with E-state index in [1.807, 2.05) is 48.0 Å². The fourth-order valence-electron chi connectivity index (χ4n) is 4.20. The van der Waals surface area contributed by atoms with Crippen LogP contribution >= 0.6 is 11.3 Å². The minimum Gasteiger partial charge on any atom is -0.507 e. The van der Waals surface area contributed by atoms with E-state index >= 15 is 0 Å². The molecule has 5 nitrogen and oxygen atoms in total. The van der Waals surface area contributed by atoms with Crippen LogP contribution in [-0.2, 0) is 16.0 Å². The summed E-state index contributed by atoms with van der Waals surface area (Å²) >= 11 is 1.42. The Morgan fingerprint density at radius 1 is 1.06 bits per heavy atom. The Morgan fingerprint density at radius 2 is 1.84 bits per heavy atom. The first-order valence-corrected chi connectivity index (χ1v) is 11.1. The number of likely N-dealkylation sites (tertiary alicyclic amines) is 1. The Labute approximate surface area is 187 Å². The molecule has 1 aliphatic rings. The maximum Gasteiger partial charge on any atom is 0.295 e. The van der Waals surface area contributed by atoms with Crippen LogP contribution in [0.5, 0.6) is 0 Å². The van der Waals surface area contributed by atoms with Gasteiger partial charge >= 0.3 is 0 Å². The number of ketones is 1. The van der Waals surface area contributed by atoms with Crippen molar-refractivity contribution in [3.8, 4) is 0 Å². The largest absolute Gasteiger partial charge is 0.507 e. The maximum atomic E-state index is 13.3. The summed E-state index contributed by atoms with van der Waals surface area (Å²) in [6.45, 7) is 0.315. The Kier molecular flexibility index (Phi) is 5.11. The van der Waals surface area contributed by atoms with Crippen molar-refractivity contribution in [2.45, 2.75) is 12.5 Å². The van der Waals surface area contributed by atoms with Gasteiger partial charge in [0.05, 0.1) is 11.6 Å². The van der Waals surface area contributed by atoms with E-state index in [4.69, 9.17) is 0 Å². The second-order valence-corrected chi connectivity index (χ2v) is 8.60. The molecule has 0 radical (unpaired) electrons. The number of nitrogens with one attached hydrogen (secondary N) is 1. The van der Waals surface area contributed by atoms with Crippen molar-refractivity contribution in [1.82, 2.24) is 9.88 Å². The van der Waals surface area contributed by atoms with Gasteiger partial charge in [-0.2, -0.15) is 0 Å². The summed E-state index contributed by atoms with van der Waals surface area (Å²) in [4.78, 5) is 31.5. The topological polar surface area (TPSA) is 73.4 Å². The highest BCUT2D eigenvalue weighted by Crippen LogP contribution is 2.41. The van der Waals surface area contributed by atoms with Crippen LogP contribution in [-0.4, -0.2) is 33.2 Å². The molecular weight excluding hydrogens is 427 g/mol. The van der Waals surface area contributed by atoms with Crippen molar-refractivity contribution in [3.63, 3.8) is 0 Å². The molecule has 3 heterocycles. The van der Waals surface area contributed by atoms with E-state index in [0.717, 1.165) is 21.3 Å². The van der Waals surface area contributed by atoms with Gasteiger partial charge in [-0.15, -0.1) is 11.3 Å². The van der Waals surface area contributed by atoms with Crippen molar-refractivity contribution < 1.29 is 19.1 Å². The van der Waals surface area contributed by atoms with E-state index in [9.17, 15) is 19.1 Å². The molecule has 4 aromatic rings. The zero-order valence-electron chi connectivity index (χ0n) is 16.9. The molecule has 0 bridgehead atoms. The summed E-state index contributed by atoms with van der Waals surface area (Å²) in [7, 11) is 0. The van der Waals surface area contributed by atoms with Gasteiger partial charge in [0.2, 0.25) is 0 Å². The molecule has 0 aliphatic carbocycles. The van der Waals surface area contributed by atoms with Gasteiger partial charge in [0.1, 0.15) is 11.6 Å². The first-order chi connectivity index (χ1) is 15.5. The minimum atomic E-state index is -0.732. The molecule has 32 heavy (non-hydrogen) atoms. The zero-order valence-corrected chi connectivity index (χ0v) is 17.7. The third kappa shape index (κ3) is 3.40. The number of hydrogen-bond acceptors (Lipinski definition) is 4. The minimum absolute atomic E-state index is 0.0305. The van der Waals surface area contributed by atoms with E-state index < -0.39 is 23.5 Å². The number of fused-ring (bicyclic) bond motifs is 1. The number of carbonyl (C=O) groups excluding carboxylic acids is 2. The van der Waals surface area contributed by atoms with Crippen molar-refractivity contribution >= 4 is 39.7 Å². The fourth-order valence-corrected chi connectivity index (χ4v) is 5.04. The molecule has 1 saturated heterocycles. The monoisotopic (exact) mass is 446 g/mol. The van der Waals surface area contributed by atoms with Crippen molar-refractivity contribution in [1.29, 1.82) is 0 Å². The highest BCUT2D eigenvalue weighted by atomic mass is 32.1. The number of thiophene rings is 1. The predicted octanol–water partition coefficient (Wildman–Crippen LogP) is 5.03. The molecule has 2 aromatic heterocycles. The number of rotatable bonds is 5. The van der Waals surface area contributed by atoms with Crippen LogP contribution in [0.4, 0.5) is 4.39 Å². The molecule has 0 unspecified atom stereocenters. The number of Topliss-reactive ketones (excluding diaryl/α,β-unsaturated/α-hetero) is 1. The van der Waals surface area contributed by atoms with Crippen LogP contribution in [0, 0.1) is 5.82 Å². The number of amides is 1. The predicted molar refractivity (Wildman–Crippen MR) is 122 cm³/mol. The molecule has 2 N–H and O–H groups in total. The number of nitrogens with zero attached hydrogens (tertiary/aromatic N) is 1. The Hall–Kier alpha value is -3.71. The number of aromatic nitrogens is 1. The summed E-state index contributed by atoms with van der Waals surface area (Å²) in [5.41, 5.74) is 2.38. The van der Waals surface area contributed by atoms with Gasteiger partial charge in [-0.1, -0.05) is 24.3 Å². The number of para-hydroxylation sites is 1. The average molecular weight is 447 g/mol. The molecule has 0 spiro atoms. The maximum absolute atomic E-state index is 13.3. The lowest BCUT2D eigenvalue weighted by molar-refractivity contribution is -0.139. The molecule has 1 atom stereocenters. The Balaban J connectivity index is 1.53. The molecular formula is C25H19FN2O3S. The molecule has 160 valence electrons. The van der Waals surface area contributed by atoms with E-state index in [2.05, 4.69) is 4.98 Å². The molecule has 7 heteroatoms. The van der Waals surface area contributed by atoms with Gasteiger partial charge in [0.25, 0.3) is 11.7 Å². The van der Waals surface area contributed by atoms with Gasteiger partial charge < -0.3 is 15.0 Å². The SMILES string of the molecule is O=C1C(=O)N(CCc2c[nH]c3ccccc23)[C@@H](c2cccs2)C1=C(O)c1ccc(F)cc1. The smallest absolute Gasteiger partial charge is 0.295 e. The Morgan fingerprint density at radius 3 is 2.59 bits per heavy atom. The van der Waals surface area contributed by atoms with Crippen LogP contribution in [0.2, 0.25) is 0 Å². The average Bonchev–Trinajstić information content (AvgIpc) is 3.52. The standard InChI is InChI=1S/C25H19FN2O3S/c26-17-9-7-15(8-10-17)23(29)21-22(20-6-3-13-32-20)28(25(31)24(21)30)12-11-16-14-27-19-5-2-1-4-18(16)19/h1-10,13-14,22,27,29H,11-12H2/t22-/m0/s1. The number of H-pyrrole nitrogens is 1. The Bertz CT molecular complexity index is 1340. The highest BCUT2D eigenvalue weighted by molar-refractivity contribution is 7.10. The quantitative estimate of drug-likeness (QED) is 0.256. The zero-order chi connectivity index (χ0) is 22.2. The molecule has 0 saturated carbocycles. The van der Waals surface area contributed by atoms with Crippen molar-refractivity contribution in [2.24, 2.45) is 0 Å². The van der Waals surface area contributed by atoms with Gasteiger partial charge in [0, 0.05) is 34.1 Å². The van der Waals surface area contributed by atoms with Gasteiger partial charge in [-0.25, -0.2) is 4.39 Å². The number of hydrogen-bond donors (Lipinski definition) is 2. The molecule has 5 rings (SSSR count).